The van der Waals surface area contributed by atoms with Gasteiger partial charge >= 0.3 is 12.0 Å². The number of aliphatic hydroxyl groups is 1. The fourth-order valence-corrected chi connectivity index (χ4v) is 2.51. The molecule has 1 aromatic carbocycles. The van der Waals surface area contributed by atoms with Crippen LogP contribution in [-0.4, -0.2) is 34.2 Å². The standard InChI is InChI=1S/C15H20N2O4/c1-9(6-14(19)20)5-13(18)10-3-4-12-11(7-10)8-17(2)15(21)16-12/h3-4,7,9,13,18H,5-6,8H2,1-2H3,(H,16,21)(H,19,20). The van der Waals surface area contributed by atoms with E-state index in [9.17, 15) is 14.7 Å². The molecule has 0 saturated heterocycles. The van der Waals surface area contributed by atoms with Crippen LogP contribution < -0.4 is 5.32 Å². The number of benzene rings is 1. The number of aliphatic hydroxyl groups excluding tert-OH is 1. The van der Waals surface area contributed by atoms with E-state index in [1.807, 2.05) is 13.0 Å². The first-order valence-electron chi connectivity index (χ1n) is 6.91. The van der Waals surface area contributed by atoms with Gasteiger partial charge in [-0.05, 0) is 35.6 Å². The van der Waals surface area contributed by atoms with E-state index in [2.05, 4.69) is 5.32 Å². The highest BCUT2D eigenvalue weighted by atomic mass is 16.4. The van der Waals surface area contributed by atoms with Crippen molar-refractivity contribution in [2.45, 2.75) is 32.4 Å². The minimum atomic E-state index is -0.857. The first kappa shape index (κ1) is 15.3. The van der Waals surface area contributed by atoms with E-state index in [0.717, 1.165) is 16.8 Å². The Morgan fingerprint density at radius 1 is 1.48 bits per heavy atom. The van der Waals surface area contributed by atoms with Crippen molar-refractivity contribution in [2.75, 3.05) is 12.4 Å². The van der Waals surface area contributed by atoms with Crippen LogP contribution in [0.25, 0.3) is 0 Å². The summed E-state index contributed by atoms with van der Waals surface area (Å²) >= 11 is 0. The zero-order chi connectivity index (χ0) is 15.6. The fourth-order valence-electron chi connectivity index (χ4n) is 2.51. The lowest BCUT2D eigenvalue weighted by Crippen LogP contribution is -2.35. The number of carboxylic acids is 1. The number of hydrogen-bond donors (Lipinski definition) is 3. The summed E-state index contributed by atoms with van der Waals surface area (Å²) in [6.07, 6.45) is -0.263. The Kier molecular flexibility index (Phi) is 4.47. The smallest absolute Gasteiger partial charge is 0.321 e. The number of nitrogens with one attached hydrogen (secondary N) is 1. The molecule has 2 atom stereocenters. The maximum atomic E-state index is 11.5. The molecular formula is C15H20N2O4. The average molecular weight is 292 g/mol. The molecule has 2 unspecified atom stereocenters. The van der Waals surface area contributed by atoms with Crippen LogP contribution in [0.5, 0.6) is 0 Å². The van der Waals surface area contributed by atoms with Crippen LogP contribution >= 0.6 is 0 Å². The molecule has 2 amide bonds. The van der Waals surface area contributed by atoms with Gasteiger partial charge in [0, 0.05) is 25.7 Å². The van der Waals surface area contributed by atoms with Crippen molar-refractivity contribution >= 4 is 17.7 Å². The Hall–Kier alpha value is -2.08. The van der Waals surface area contributed by atoms with E-state index in [0.29, 0.717) is 13.0 Å². The van der Waals surface area contributed by atoms with Crippen LogP contribution in [0, 0.1) is 5.92 Å². The molecule has 3 N–H and O–H groups in total. The van der Waals surface area contributed by atoms with E-state index >= 15 is 0 Å². The average Bonchev–Trinajstić information content (AvgIpc) is 2.38. The third kappa shape index (κ3) is 3.72. The summed E-state index contributed by atoms with van der Waals surface area (Å²) in [6.45, 7) is 2.30. The monoisotopic (exact) mass is 292 g/mol. The Labute approximate surface area is 123 Å². The number of hydrogen-bond acceptors (Lipinski definition) is 3. The number of fused-ring (bicyclic) bond motifs is 1. The van der Waals surface area contributed by atoms with E-state index in [4.69, 9.17) is 5.11 Å². The first-order chi connectivity index (χ1) is 9.86. The van der Waals surface area contributed by atoms with Crippen molar-refractivity contribution < 1.29 is 19.8 Å². The zero-order valence-corrected chi connectivity index (χ0v) is 12.2. The van der Waals surface area contributed by atoms with Crippen molar-refractivity contribution in [3.05, 3.63) is 29.3 Å². The van der Waals surface area contributed by atoms with Crippen molar-refractivity contribution in [3.63, 3.8) is 0 Å². The van der Waals surface area contributed by atoms with Gasteiger partial charge in [-0.3, -0.25) is 4.79 Å². The minimum absolute atomic E-state index is 0.0425. The van der Waals surface area contributed by atoms with Crippen molar-refractivity contribution in [1.82, 2.24) is 4.90 Å². The largest absolute Gasteiger partial charge is 0.481 e. The number of carbonyl (C=O) groups is 2. The third-order valence-electron chi connectivity index (χ3n) is 3.66. The van der Waals surface area contributed by atoms with Crippen LogP contribution in [0.4, 0.5) is 10.5 Å². The van der Waals surface area contributed by atoms with Crippen LogP contribution in [0.3, 0.4) is 0 Å². The van der Waals surface area contributed by atoms with E-state index in [-0.39, 0.29) is 18.4 Å². The molecule has 0 radical (unpaired) electrons. The van der Waals surface area contributed by atoms with Gasteiger partial charge in [0.25, 0.3) is 0 Å². The van der Waals surface area contributed by atoms with Crippen LogP contribution in [0.15, 0.2) is 18.2 Å². The molecule has 1 aliphatic heterocycles. The van der Waals surface area contributed by atoms with E-state index < -0.39 is 12.1 Å². The van der Waals surface area contributed by atoms with E-state index in [1.54, 1.807) is 24.1 Å². The zero-order valence-electron chi connectivity index (χ0n) is 12.2. The number of aliphatic carboxylic acids is 1. The van der Waals surface area contributed by atoms with E-state index in [1.165, 1.54) is 0 Å². The normalized spacial score (nSPS) is 16.9. The third-order valence-corrected chi connectivity index (χ3v) is 3.66. The molecule has 0 bridgehead atoms. The Balaban J connectivity index is 2.09. The first-order valence-corrected chi connectivity index (χ1v) is 6.91. The summed E-state index contributed by atoms with van der Waals surface area (Å²) in [5.41, 5.74) is 2.45. The molecule has 2 rings (SSSR count). The molecule has 1 aliphatic rings. The lowest BCUT2D eigenvalue weighted by atomic mass is 9.94. The number of urea groups is 1. The maximum Gasteiger partial charge on any atom is 0.321 e. The maximum absolute atomic E-state index is 11.5. The molecule has 0 fully saturated rings. The summed E-state index contributed by atoms with van der Waals surface area (Å²) in [6, 6.07) is 5.26. The molecule has 114 valence electrons. The highest BCUT2D eigenvalue weighted by molar-refractivity contribution is 5.92. The lowest BCUT2D eigenvalue weighted by molar-refractivity contribution is -0.138. The summed E-state index contributed by atoms with van der Waals surface area (Å²) in [7, 11) is 1.70. The van der Waals surface area contributed by atoms with Gasteiger partial charge in [0.2, 0.25) is 0 Å². The van der Waals surface area contributed by atoms with Gasteiger partial charge in [0.05, 0.1) is 6.10 Å². The molecule has 1 aromatic rings. The molecule has 6 heteroatoms. The van der Waals surface area contributed by atoms with Gasteiger partial charge in [-0.1, -0.05) is 13.0 Å². The van der Waals surface area contributed by atoms with Gasteiger partial charge < -0.3 is 20.4 Å². The number of rotatable bonds is 5. The number of nitrogens with zero attached hydrogens (tertiary/aromatic N) is 1. The Bertz CT molecular complexity index is 559. The fraction of sp³-hybridized carbons (Fsp3) is 0.467. The summed E-state index contributed by atoms with van der Waals surface area (Å²) in [5.74, 6) is -0.958. The molecule has 0 aromatic heterocycles. The van der Waals surface area contributed by atoms with Gasteiger partial charge in [-0.15, -0.1) is 0 Å². The number of carboxylic acid groups (broad SMARTS) is 1. The summed E-state index contributed by atoms with van der Waals surface area (Å²) in [4.78, 5) is 23.8. The molecule has 0 spiro atoms. The molecule has 6 nitrogen and oxygen atoms in total. The number of amides is 2. The van der Waals surface area contributed by atoms with Crippen molar-refractivity contribution in [3.8, 4) is 0 Å². The second kappa shape index (κ2) is 6.13. The summed E-state index contributed by atoms with van der Waals surface area (Å²) < 4.78 is 0. The highest BCUT2D eigenvalue weighted by Crippen LogP contribution is 2.29. The highest BCUT2D eigenvalue weighted by Gasteiger charge is 2.21. The van der Waals surface area contributed by atoms with Gasteiger partial charge in [-0.25, -0.2) is 4.79 Å². The van der Waals surface area contributed by atoms with Gasteiger partial charge in [0.15, 0.2) is 0 Å². The van der Waals surface area contributed by atoms with Crippen LogP contribution in [0.2, 0.25) is 0 Å². The summed E-state index contributed by atoms with van der Waals surface area (Å²) in [5, 5.41) is 21.8. The molecule has 21 heavy (non-hydrogen) atoms. The second-order valence-electron chi connectivity index (χ2n) is 5.66. The Morgan fingerprint density at radius 2 is 2.19 bits per heavy atom. The minimum Gasteiger partial charge on any atom is -0.481 e. The predicted molar refractivity (Wildman–Crippen MR) is 77.9 cm³/mol. The molecule has 0 saturated carbocycles. The van der Waals surface area contributed by atoms with Crippen molar-refractivity contribution in [1.29, 1.82) is 0 Å². The second-order valence-corrected chi connectivity index (χ2v) is 5.66. The number of anilines is 1. The SMILES string of the molecule is CC(CC(=O)O)CC(O)c1ccc2c(c1)CN(C)C(=O)N2. The molecule has 0 aliphatic carbocycles. The predicted octanol–water partition coefficient (Wildman–Crippen LogP) is 2.20. The van der Waals surface area contributed by atoms with Crippen LogP contribution in [-0.2, 0) is 11.3 Å². The van der Waals surface area contributed by atoms with Crippen molar-refractivity contribution in [2.24, 2.45) is 5.92 Å². The quantitative estimate of drug-likeness (QED) is 0.776. The molecule has 1 heterocycles. The van der Waals surface area contributed by atoms with Gasteiger partial charge in [0.1, 0.15) is 0 Å². The number of carbonyl (C=O) groups excluding carboxylic acids is 1. The van der Waals surface area contributed by atoms with Gasteiger partial charge in [-0.2, -0.15) is 0 Å². The topological polar surface area (TPSA) is 89.9 Å². The Morgan fingerprint density at radius 3 is 2.86 bits per heavy atom. The molecular weight excluding hydrogens is 272 g/mol. The lowest BCUT2D eigenvalue weighted by Gasteiger charge is -2.27. The van der Waals surface area contributed by atoms with Crippen LogP contribution in [0.1, 0.15) is 37.0 Å².